The van der Waals surface area contributed by atoms with Crippen molar-refractivity contribution in [1.29, 1.82) is 0 Å². The predicted octanol–water partition coefficient (Wildman–Crippen LogP) is 3.12. The van der Waals surface area contributed by atoms with Crippen LogP contribution in [0, 0.1) is 19.7 Å². The zero-order valence-corrected chi connectivity index (χ0v) is 11.9. The van der Waals surface area contributed by atoms with Gasteiger partial charge in [-0.3, -0.25) is 0 Å². The molecule has 0 atom stereocenters. The number of amidine groups is 1. The maximum absolute atomic E-state index is 13.5. The molecule has 0 saturated heterocycles. The van der Waals surface area contributed by atoms with Gasteiger partial charge in [-0.05, 0) is 54.8 Å². The molecule has 0 fully saturated rings. The average molecular weight is 288 g/mol. The van der Waals surface area contributed by atoms with Crippen LogP contribution >= 0.6 is 0 Å². The van der Waals surface area contributed by atoms with Crippen molar-refractivity contribution >= 4 is 5.84 Å². The van der Waals surface area contributed by atoms with Crippen molar-refractivity contribution in [3.63, 3.8) is 0 Å². The third-order valence-electron chi connectivity index (χ3n) is 3.31. The first kappa shape index (κ1) is 14.8. The lowest BCUT2D eigenvalue weighted by Crippen LogP contribution is -2.14. The Morgan fingerprint density at radius 3 is 2.76 bits per heavy atom. The molecule has 0 radical (unpaired) electrons. The maximum Gasteiger partial charge on any atom is 0.170 e. The molecule has 0 spiro atoms. The van der Waals surface area contributed by atoms with Gasteiger partial charge < -0.3 is 15.7 Å². The Hall–Kier alpha value is -2.56. The summed E-state index contributed by atoms with van der Waals surface area (Å²) in [5.41, 5.74) is 8.58. The topological polar surface area (TPSA) is 67.8 Å². The second-order valence-corrected chi connectivity index (χ2v) is 4.82. The van der Waals surface area contributed by atoms with Crippen molar-refractivity contribution in [2.75, 3.05) is 0 Å². The molecule has 2 aromatic carbocycles. The molecule has 4 nitrogen and oxygen atoms in total. The predicted molar refractivity (Wildman–Crippen MR) is 79.2 cm³/mol. The van der Waals surface area contributed by atoms with E-state index in [-0.39, 0.29) is 12.4 Å². The van der Waals surface area contributed by atoms with E-state index in [2.05, 4.69) is 5.16 Å². The Bertz CT molecular complexity index is 684. The molecule has 0 aromatic heterocycles. The van der Waals surface area contributed by atoms with Crippen LogP contribution in [0.1, 0.15) is 22.3 Å². The summed E-state index contributed by atoms with van der Waals surface area (Å²) in [6.07, 6.45) is 0. The zero-order valence-electron chi connectivity index (χ0n) is 11.9. The number of halogens is 1. The number of hydrogen-bond acceptors (Lipinski definition) is 3. The van der Waals surface area contributed by atoms with E-state index in [0.717, 1.165) is 16.9 Å². The normalized spacial score (nSPS) is 11.5. The van der Waals surface area contributed by atoms with Gasteiger partial charge in [0, 0.05) is 5.56 Å². The van der Waals surface area contributed by atoms with Gasteiger partial charge in [-0.2, -0.15) is 0 Å². The van der Waals surface area contributed by atoms with Gasteiger partial charge in [0.15, 0.2) is 5.84 Å². The van der Waals surface area contributed by atoms with Crippen molar-refractivity contribution in [3.05, 3.63) is 64.5 Å². The number of nitrogens with two attached hydrogens (primary N) is 1. The molecule has 0 bridgehead atoms. The van der Waals surface area contributed by atoms with Gasteiger partial charge in [-0.15, -0.1) is 0 Å². The highest BCUT2D eigenvalue weighted by Crippen LogP contribution is 2.22. The molecular weight excluding hydrogens is 271 g/mol. The lowest BCUT2D eigenvalue weighted by atomic mass is 10.1. The van der Waals surface area contributed by atoms with Crippen molar-refractivity contribution in [2.24, 2.45) is 10.9 Å². The van der Waals surface area contributed by atoms with Crippen molar-refractivity contribution in [1.82, 2.24) is 0 Å². The van der Waals surface area contributed by atoms with Crippen LogP contribution in [0.4, 0.5) is 4.39 Å². The van der Waals surface area contributed by atoms with Gasteiger partial charge >= 0.3 is 0 Å². The molecule has 0 heterocycles. The largest absolute Gasteiger partial charge is 0.489 e. The number of oxime groups is 1. The third kappa shape index (κ3) is 3.51. The first-order valence-electron chi connectivity index (χ1n) is 6.47. The minimum atomic E-state index is -0.460. The molecule has 0 aliphatic rings. The van der Waals surface area contributed by atoms with Gasteiger partial charge in [0.05, 0.1) is 0 Å². The van der Waals surface area contributed by atoms with Crippen LogP contribution in [0.15, 0.2) is 41.6 Å². The second-order valence-electron chi connectivity index (χ2n) is 4.82. The Labute approximate surface area is 122 Å². The third-order valence-corrected chi connectivity index (χ3v) is 3.31. The minimum absolute atomic E-state index is 0.137. The highest BCUT2D eigenvalue weighted by Gasteiger charge is 2.07. The molecule has 5 heteroatoms. The fraction of sp³-hybridized carbons (Fsp3) is 0.188. The number of nitrogens with zero attached hydrogens (tertiary/aromatic N) is 1. The van der Waals surface area contributed by atoms with Crippen LogP contribution in [0.2, 0.25) is 0 Å². The molecular formula is C16H17FN2O2. The highest BCUT2D eigenvalue weighted by atomic mass is 19.1. The van der Waals surface area contributed by atoms with Gasteiger partial charge in [0.1, 0.15) is 18.2 Å². The SMILES string of the molecule is Cc1cccc(OCc2cc(F)cc(/C(N)=N/O)c2)c1C. The molecule has 3 N–H and O–H groups in total. The molecule has 0 saturated carbocycles. The van der Waals surface area contributed by atoms with E-state index in [9.17, 15) is 4.39 Å². The molecule has 0 amide bonds. The summed E-state index contributed by atoms with van der Waals surface area (Å²) in [5, 5.41) is 11.5. The Morgan fingerprint density at radius 2 is 2.05 bits per heavy atom. The van der Waals surface area contributed by atoms with Crippen molar-refractivity contribution < 1.29 is 14.3 Å². The zero-order chi connectivity index (χ0) is 15.4. The van der Waals surface area contributed by atoms with Gasteiger partial charge in [-0.25, -0.2) is 4.39 Å². The Kier molecular flexibility index (Phi) is 4.42. The van der Waals surface area contributed by atoms with Crippen LogP contribution in [-0.2, 0) is 6.61 Å². The van der Waals surface area contributed by atoms with Crippen LogP contribution in [-0.4, -0.2) is 11.0 Å². The first-order valence-corrected chi connectivity index (χ1v) is 6.47. The van der Waals surface area contributed by atoms with E-state index in [1.54, 1.807) is 6.07 Å². The first-order chi connectivity index (χ1) is 10.0. The molecule has 110 valence electrons. The van der Waals surface area contributed by atoms with Gasteiger partial charge in [-0.1, -0.05) is 17.3 Å². The van der Waals surface area contributed by atoms with Crippen molar-refractivity contribution in [2.45, 2.75) is 20.5 Å². The lowest BCUT2D eigenvalue weighted by Gasteiger charge is -2.11. The maximum atomic E-state index is 13.5. The van der Waals surface area contributed by atoms with Crippen molar-refractivity contribution in [3.8, 4) is 5.75 Å². The van der Waals surface area contributed by atoms with E-state index in [1.165, 1.54) is 12.1 Å². The monoisotopic (exact) mass is 288 g/mol. The summed E-state index contributed by atoms with van der Waals surface area (Å²) in [7, 11) is 0. The van der Waals surface area contributed by atoms with E-state index in [1.807, 2.05) is 32.0 Å². The summed E-state index contributed by atoms with van der Waals surface area (Å²) >= 11 is 0. The summed E-state index contributed by atoms with van der Waals surface area (Å²) in [5.74, 6) is 0.158. The summed E-state index contributed by atoms with van der Waals surface area (Å²) in [6, 6.07) is 9.97. The van der Waals surface area contributed by atoms with E-state index in [0.29, 0.717) is 11.1 Å². The van der Waals surface area contributed by atoms with Crippen LogP contribution in [0.25, 0.3) is 0 Å². The quantitative estimate of drug-likeness (QED) is 0.393. The number of ether oxygens (including phenoxy) is 1. The van der Waals surface area contributed by atoms with Gasteiger partial charge in [0.25, 0.3) is 0 Å². The number of aryl methyl sites for hydroxylation is 1. The van der Waals surface area contributed by atoms with Crippen LogP contribution < -0.4 is 10.5 Å². The fourth-order valence-corrected chi connectivity index (χ4v) is 1.98. The fourth-order valence-electron chi connectivity index (χ4n) is 1.98. The number of hydrogen-bond donors (Lipinski definition) is 2. The molecule has 0 unspecified atom stereocenters. The standard InChI is InChI=1S/C16H17FN2O2/c1-10-4-3-5-15(11(10)2)21-9-12-6-13(16(18)19-20)8-14(17)7-12/h3-8,20H,9H2,1-2H3,(H2,18,19). The lowest BCUT2D eigenvalue weighted by molar-refractivity contribution is 0.303. The molecule has 2 aromatic rings. The van der Waals surface area contributed by atoms with E-state index < -0.39 is 5.82 Å². The Morgan fingerprint density at radius 1 is 1.29 bits per heavy atom. The van der Waals surface area contributed by atoms with Crippen LogP contribution in [0.3, 0.4) is 0 Å². The molecule has 2 rings (SSSR count). The summed E-state index contributed by atoms with van der Waals surface area (Å²) < 4.78 is 19.3. The summed E-state index contributed by atoms with van der Waals surface area (Å²) in [4.78, 5) is 0. The number of benzene rings is 2. The second kappa shape index (κ2) is 6.26. The Balaban J connectivity index is 2.20. The van der Waals surface area contributed by atoms with E-state index in [4.69, 9.17) is 15.7 Å². The minimum Gasteiger partial charge on any atom is -0.489 e. The molecule has 21 heavy (non-hydrogen) atoms. The van der Waals surface area contributed by atoms with Gasteiger partial charge in [0.2, 0.25) is 0 Å². The smallest absolute Gasteiger partial charge is 0.170 e. The highest BCUT2D eigenvalue weighted by molar-refractivity contribution is 5.97. The summed E-state index contributed by atoms with van der Waals surface area (Å²) in [6.45, 7) is 4.17. The van der Waals surface area contributed by atoms with E-state index >= 15 is 0 Å². The number of rotatable bonds is 4. The molecule has 0 aliphatic heterocycles. The average Bonchev–Trinajstić information content (AvgIpc) is 2.47. The molecule has 0 aliphatic carbocycles. The van der Waals surface area contributed by atoms with Crippen LogP contribution in [0.5, 0.6) is 5.75 Å².